The van der Waals surface area contributed by atoms with E-state index in [0.29, 0.717) is 0 Å². The van der Waals surface area contributed by atoms with Crippen LogP contribution in [0.15, 0.2) is 18.2 Å². The number of aryl methyl sites for hydroxylation is 2. The Balaban J connectivity index is 2.22. The Morgan fingerprint density at radius 1 is 1.05 bits per heavy atom. The highest BCUT2D eigenvalue weighted by Gasteiger charge is 2.03. The Labute approximate surface area is 119 Å². The molecule has 0 saturated carbocycles. The van der Waals surface area contributed by atoms with Crippen molar-refractivity contribution in [3.05, 3.63) is 29.3 Å². The number of hydrogen-bond donors (Lipinski definition) is 1. The summed E-state index contributed by atoms with van der Waals surface area (Å²) < 4.78 is 0. The minimum atomic E-state index is 1.07. The van der Waals surface area contributed by atoms with Gasteiger partial charge in [-0.2, -0.15) is 0 Å². The molecule has 0 bridgehead atoms. The minimum absolute atomic E-state index is 1.07. The van der Waals surface area contributed by atoms with Crippen molar-refractivity contribution in [2.24, 2.45) is 0 Å². The standard InChI is InChI=1S/C17H30N2/c1-5-6-7-8-11-18-12-13-19(4)17-10-9-15(2)14-16(17)3/h9-10,14,18H,5-8,11-13H2,1-4H3. The molecule has 2 nitrogen and oxygen atoms in total. The Morgan fingerprint density at radius 2 is 1.84 bits per heavy atom. The molecule has 0 saturated heterocycles. The Kier molecular flexibility index (Phi) is 7.57. The van der Waals surface area contributed by atoms with Gasteiger partial charge >= 0.3 is 0 Å². The molecule has 0 fully saturated rings. The van der Waals surface area contributed by atoms with Gasteiger partial charge < -0.3 is 10.2 Å². The second-order valence-electron chi connectivity index (χ2n) is 5.52. The third-order valence-electron chi connectivity index (χ3n) is 3.59. The summed E-state index contributed by atoms with van der Waals surface area (Å²) >= 11 is 0. The molecule has 0 heterocycles. The molecule has 0 unspecified atom stereocenters. The van der Waals surface area contributed by atoms with Gasteiger partial charge in [-0.25, -0.2) is 0 Å². The van der Waals surface area contributed by atoms with Crippen molar-refractivity contribution in [1.29, 1.82) is 0 Å². The minimum Gasteiger partial charge on any atom is -0.373 e. The van der Waals surface area contributed by atoms with Crippen LogP contribution in [0.4, 0.5) is 5.69 Å². The zero-order valence-corrected chi connectivity index (χ0v) is 13.1. The molecular formula is C17H30N2. The van der Waals surface area contributed by atoms with Crippen LogP contribution in [0.5, 0.6) is 0 Å². The predicted molar refractivity (Wildman–Crippen MR) is 86.2 cm³/mol. The molecule has 0 spiro atoms. The Hall–Kier alpha value is -1.02. The summed E-state index contributed by atoms with van der Waals surface area (Å²) in [4.78, 5) is 2.34. The summed E-state index contributed by atoms with van der Waals surface area (Å²) in [7, 11) is 2.18. The van der Waals surface area contributed by atoms with Gasteiger partial charge in [-0.1, -0.05) is 43.9 Å². The molecule has 0 amide bonds. The zero-order valence-electron chi connectivity index (χ0n) is 13.1. The van der Waals surface area contributed by atoms with Crippen molar-refractivity contribution < 1.29 is 0 Å². The van der Waals surface area contributed by atoms with Crippen LogP contribution in [-0.2, 0) is 0 Å². The van der Waals surface area contributed by atoms with E-state index in [1.807, 2.05) is 0 Å². The van der Waals surface area contributed by atoms with Crippen LogP contribution in [0.25, 0.3) is 0 Å². The van der Waals surface area contributed by atoms with Crippen molar-refractivity contribution >= 4 is 5.69 Å². The molecule has 0 aromatic heterocycles. The van der Waals surface area contributed by atoms with Crippen molar-refractivity contribution in [3.63, 3.8) is 0 Å². The lowest BCUT2D eigenvalue weighted by Crippen LogP contribution is -2.30. The molecule has 0 aliphatic heterocycles. The maximum Gasteiger partial charge on any atom is 0.0393 e. The summed E-state index contributed by atoms with van der Waals surface area (Å²) in [6, 6.07) is 6.67. The zero-order chi connectivity index (χ0) is 14.1. The van der Waals surface area contributed by atoms with Crippen molar-refractivity contribution in [2.45, 2.75) is 46.5 Å². The first-order valence-corrected chi connectivity index (χ1v) is 7.64. The highest BCUT2D eigenvalue weighted by atomic mass is 15.1. The molecule has 0 atom stereocenters. The van der Waals surface area contributed by atoms with Crippen LogP contribution in [-0.4, -0.2) is 26.7 Å². The summed E-state index contributed by atoms with van der Waals surface area (Å²) in [5.74, 6) is 0. The van der Waals surface area contributed by atoms with E-state index < -0.39 is 0 Å². The maximum absolute atomic E-state index is 3.53. The number of hydrogen-bond acceptors (Lipinski definition) is 2. The molecule has 2 heteroatoms. The van der Waals surface area contributed by atoms with E-state index >= 15 is 0 Å². The van der Waals surface area contributed by atoms with E-state index in [1.54, 1.807) is 0 Å². The molecule has 1 aromatic carbocycles. The molecule has 0 aliphatic rings. The predicted octanol–water partition coefficient (Wildman–Crippen LogP) is 3.91. The number of rotatable bonds is 9. The summed E-state index contributed by atoms with van der Waals surface area (Å²) in [6.07, 6.45) is 5.34. The maximum atomic E-state index is 3.53. The van der Waals surface area contributed by atoms with Gasteiger partial charge in [0.05, 0.1) is 0 Å². The number of nitrogens with zero attached hydrogens (tertiary/aromatic N) is 1. The van der Waals surface area contributed by atoms with Gasteiger partial charge in [0.1, 0.15) is 0 Å². The van der Waals surface area contributed by atoms with Gasteiger partial charge in [0.25, 0.3) is 0 Å². The average molecular weight is 262 g/mol. The Morgan fingerprint density at radius 3 is 2.53 bits per heavy atom. The molecule has 108 valence electrons. The van der Waals surface area contributed by atoms with E-state index in [-0.39, 0.29) is 0 Å². The first-order valence-electron chi connectivity index (χ1n) is 7.64. The lowest BCUT2D eigenvalue weighted by atomic mass is 10.1. The van der Waals surface area contributed by atoms with E-state index in [4.69, 9.17) is 0 Å². The van der Waals surface area contributed by atoms with Crippen LogP contribution >= 0.6 is 0 Å². The van der Waals surface area contributed by atoms with Gasteiger partial charge in [0.15, 0.2) is 0 Å². The van der Waals surface area contributed by atoms with Crippen molar-refractivity contribution in [3.8, 4) is 0 Å². The average Bonchev–Trinajstić information content (AvgIpc) is 2.37. The largest absolute Gasteiger partial charge is 0.373 e. The van der Waals surface area contributed by atoms with Crippen LogP contribution in [0, 0.1) is 13.8 Å². The van der Waals surface area contributed by atoms with Gasteiger partial charge in [-0.15, -0.1) is 0 Å². The van der Waals surface area contributed by atoms with Crippen LogP contribution in [0.2, 0.25) is 0 Å². The normalized spacial score (nSPS) is 10.7. The topological polar surface area (TPSA) is 15.3 Å². The highest BCUT2D eigenvalue weighted by Crippen LogP contribution is 2.19. The molecule has 1 aromatic rings. The third-order valence-corrected chi connectivity index (χ3v) is 3.59. The monoisotopic (exact) mass is 262 g/mol. The van der Waals surface area contributed by atoms with Crippen LogP contribution in [0.1, 0.15) is 43.7 Å². The molecule has 19 heavy (non-hydrogen) atoms. The second kappa shape index (κ2) is 8.98. The van der Waals surface area contributed by atoms with Gasteiger partial charge in [-0.3, -0.25) is 0 Å². The lowest BCUT2D eigenvalue weighted by molar-refractivity contribution is 0.598. The van der Waals surface area contributed by atoms with Crippen molar-refractivity contribution in [1.82, 2.24) is 5.32 Å². The molecule has 0 aliphatic carbocycles. The summed E-state index contributed by atoms with van der Waals surface area (Å²) in [5, 5.41) is 3.53. The molecular weight excluding hydrogens is 232 g/mol. The number of anilines is 1. The van der Waals surface area contributed by atoms with E-state index in [1.165, 1.54) is 42.5 Å². The molecule has 0 radical (unpaired) electrons. The quantitative estimate of drug-likeness (QED) is 0.679. The fourth-order valence-electron chi connectivity index (χ4n) is 2.40. The fraction of sp³-hybridized carbons (Fsp3) is 0.647. The smallest absolute Gasteiger partial charge is 0.0393 e. The number of likely N-dealkylation sites (N-methyl/N-ethyl adjacent to an activating group) is 1. The van der Waals surface area contributed by atoms with Gasteiger partial charge in [0.2, 0.25) is 0 Å². The number of unbranched alkanes of at least 4 members (excludes halogenated alkanes) is 3. The molecule has 1 N–H and O–H groups in total. The van der Waals surface area contributed by atoms with E-state index in [0.717, 1.165) is 19.6 Å². The number of benzene rings is 1. The summed E-state index contributed by atoms with van der Waals surface area (Å²) in [5.41, 5.74) is 4.05. The van der Waals surface area contributed by atoms with Crippen LogP contribution in [0.3, 0.4) is 0 Å². The van der Waals surface area contributed by atoms with E-state index in [9.17, 15) is 0 Å². The first-order chi connectivity index (χ1) is 9.15. The van der Waals surface area contributed by atoms with Gasteiger partial charge in [0, 0.05) is 25.8 Å². The van der Waals surface area contributed by atoms with Crippen molar-refractivity contribution in [2.75, 3.05) is 31.6 Å². The van der Waals surface area contributed by atoms with E-state index in [2.05, 4.69) is 56.2 Å². The number of nitrogens with one attached hydrogen (secondary N) is 1. The third kappa shape index (κ3) is 6.11. The fourth-order valence-corrected chi connectivity index (χ4v) is 2.40. The highest BCUT2D eigenvalue weighted by molar-refractivity contribution is 5.53. The lowest BCUT2D eigenvalue weighted by Gasteiger charge is -2.22. The molecule has 1 rings (SSSR count). The Bertz CT molecular complexity index is 360. The second-order valence-corrected chi connectivity index (χ2v) is 5.52. The summed E-state index contributed by atoms with van der Waals surface area (Å²) in [6.45, 7) is 9.88. The first kappa shape index (κ1) is 16.0. The van der Waals surface area contributed by atoms with Crippen LogP contribution < -0.4 is 10.2 Å². The SMILES string of the molecule is CCCCCCNCCN(C)c1ccc(C)cc1C. The van der Waals surface area contributed by atoms with Gasteiger partial charge in [-0.05, 0) is 38.4 Å².